The van der Waals surface area contributed by atoms with Gasteiger partial charge in [-0.25, -0.2) is 4.79 Å². The van der Waals surface area contributed by atoms with E-state index < -0.39 is 261 Å². The van der Waals surface area contributed by atoms with Gasteiger partial charge in [0.1, 0.15) is 72.6 Å². The average Bonchev–Trinajstić information content (AvgIpc) is 1.64. The molecule has 1 fully saturated rings. The Morgan fingerprint density at radius 2 is 1.11 bits per heavy atom. The molecule has 5 unspecified atom stereocenters. The van der Waals surface area contributed by atoms with E-state index in [9.17, 15) is 121 Å². The number of primary amides is 1. The van der Waals surface area contributed by atoms with Crippen LogP contribution in [0.5, 0.6) is 0 Å². The van der Waals surface area contributed by atoms with E-state index in [2.05, 4.69) is 72.0 Å². The van der Waals surface area contributed by atoms with Crippen LogP contribution in [0.15, 0.2) is 54.7 Å². The molecule has 1 aliphatic heterocycles. The summed E-state index contributed by atoms with van der Waals surface area (Å²) in [4.78, 5) is 276. The number of aromatic nitrogens is 1. The zero-order valence-electron chi connectivity index (χ0n) is 64.5. The molecule has 0 bridgehead atoms. The molecule has 1 saturated heterocycles. The van der Waals surface area contributed by atoms with Gasteiger partial charge >= 0.3 is 29.8 Å². The van der Waals surface area contributed by atoms with Crippen LogP contribution in [-0.4, -0.2) is 248 Å². The van der Waals surface area contributed by atoms with Crippen LogP contribution in [0.3, 0.4) is 0 Å². The Hall–Kier alpha value is -12.7. The van der Waals surface area contributed by atoms with Crippen molar-refractivity contribution < 1.29 is 126 Å². The highest BCUT2D eigenvalue weighted by Crippen LogP contribution is 2.22. The second kappa shape index (κ2) is 47.7. The van der Waals surface area contributed by atoms with Crippen LogP contribution >= 0.6 is 0 Å². The number of nitrogens with one attached hydrogen (secondary N) is 14. The molecule has 43 nitrogen and oxygen atoms in total. The van der Waals surface area contributed by atoms with Crippen molar-refractivity contribution in [2.45, 2.75) is 210 Å². The van der Waals surface area contributed by atoms with E-state index >= 15 is 0 Å². The maximum atomic E-state index is 14.8. The number of benzene rings is 2. The predicted molar refractivity (Wildman–Crippen MR) is 405 cm³/mol. The molecular formula is C73H103N17O26. The van der Waals surface area contributed by atoms with Crippen molar-refractivity contribution in [3.05, 3.63) is 65.9 Å². The van der Waals surface area contributed by atoms with E-state index in [0.29, 0.717) is 35.2 Å². The van der Waals surface area contributed by atoms with Crippen LogP contribution in [0.4, 0.5) is 5.69 Å². The zero-order chi connectivity index (χ0) is 86.6. The van der Waals surface area contributed by atoms with E-state index in [0.717, 1.165) is 46.5 Å². The molecule has 14 atom stereocenters. The van der Waals surface area contributed by atoms with Gasteiger partial charge in [0.05, 0.1) is 51.8 Å². The van der Waals surface area contributed by atoms with Gasteiger partial charge in [0.25, 0.3) is 0 Å². The Kier molecular flexibility index (Phi) is 39.4. The molecular weight excluding hydrogens is 1530 g/mol. The molecule has 0 aliphatic carbocycles. The number of amides is 14. The number of H-pyrrole nitrogens is 1. The van der Waals surface area contributed by atoms with Crippen molar-refractivity contribution in [3.63, 3.8) is 0 Å². The lowest BCUT2D eigenvalue weighted by atomic mass is 9.96. The van der Waals surface area contributed by atoms with Crippen LogP contribution in [0.2, 0.25) is 0 Å². The van der Waals surface area contributed by atoms with Gasteiger partial charge in [0.2, 0.25) is 82.7 Å². The zero-order valence-corrected chi connectivity index (χ0v) is 64.5. The molecule has 636 valence electrons. The molecule has 14 amide bonds. The summed E-state index contributed by atoms with van der Waals surface area (Å²) in [6.45, 7) is 3.27. The number of hydrogen-bond donors (Lipinski definition) is 22. The largest absolute Gasteiger partial charge is 0.481 e. The van der Waals surface area contributed by atoms with Gasteiger partial charge in [-0.2, -0.15) is 0 Å². The van der Waals surface area contributed by atoms with Crippen molar-refractivity contribution in [1.82, 2.24) is 74.1 Å². The third-order valence-electron chi connectivity index (χ3n) is 18.4. The Balaban J connectivity index is 1.87. The molecule has 25 N–H and O–H groups in total. The van der Waals surface area contributed by atoms with Gasteiger partial charge in [0.15, 0.2) is 5.78 Å². The molecule has 1 aromatic heterocycles. The minimum atomic E-state index is -2.45. The first kappa shape index (κ1) is 95.7. The number of carbonyl (C=O) groups excluding carboxylic acids is 16. The molecule has 4 rings (SSSR count). The number of unbranched alkanes of at least 4 members (excludes halogenated alkanes) is 3. The van der Waals surface area contributed by atoms with Crippen LogP contribution in [0, 0.1) is 11.8 Å². The number of ketones is 1. The van der Waals surface area contributed by atoms with E-state index in [-0.39, 0.29) is 37.1 Å². The standard InChI is InChI=1S/C73H103N17O26/c1-6-35(2)16-9-7-8-10-22-54(94)82-45(25-39-31-77-43-20-14-12-17-40(39)43)67(109)85-46(27-53(76)93)68(110)87-49(30-60(103)104)69(111)90-62-38(5)116-73(115)50(26-52(92)41-18-11-13-19-42(41)75)88-72(114)61(36(3)24-57(97)98)89-70(112)51(34-91)83-56(96)32-78-64(106)47(28-58(99)100)84-63(105)37(4)80-66(108)48(29-59(101)102)86-65(107)44(21-15-23-74)81-55(95)33-79-71(62)113/h11-14,17-20,31,35-38,44-51,61-62,77,91H,6-10,15-16,21-30,32-34,74-75H2,1-5H3,(H2,76,93)(H,78,106)(H,79,113)(H,80,108)(H,81,95)(H,82,94)(H,83,96)(H,84,105)(H,85,109)(H,86,107)(H,87,110)(H,88,114)(H,89,112)(H,90,111)(H,97,98)(H,99,100)(H,101,102)(H,103,104)/t35?,36-,37+,38?,44-,45-,46+,47-,48?,49-,50-,51+,61?,62?/m0/s1. The molecule has 2 heterocycles. The summed E-state index contributed by atoms with van der Waals surface area (Å²) in [6.07, 6.45) is -3.45. The van der Waals surface area contributed by atoms with Gasteiger partial charge in [-0.1, -0.05) is 83.2 Å². The van der Waals surface area contributed by atoms with E-state index in [1.54, 1.807) is 30.5 Å². The maximum absolute atomic E-state index is 14.8. The fourth-order valence-electron chi connectivity index (χ4n) is 11.8. The maximum Gasteiger partial charge on any atom is 0.329 e. The van der Waals surface area contributed by atoms with Gasteiger partial charge in [0, 0.05) is 47.6 Å². The summed E-state index contributed by atoms with van der Waals surface area (Å²) in [7, 11) is 0. The quantitative estimate of drug-likeness (QED) is 0.0113. The highest BCUT2D eigenvalue weighted by molar-refractivity contribution is 6.05. The number of aromatic amines is 1. The number of esters is 1. The minimum absolute atomic E-state index is 0.0230. The number of para-hydroxylation sites is 2. The second-order valence-corrected chi connectivity index (χ2v) is 27.8. The van der Waals surface area contributed by atoms with Gasteiger partial charge < -0.3 is 122 Å². The fourth-order valence-corrected chi connectivity index (χ4v) is 11.8. The number of fused-ring (bicyclic) bond motifs is 1. The molecule has 0 saturated carbocycles. The number of hydrogen-bond acceptors (Lipinski definition) is 24. The molecule has 2 aromatic carbocycles. The Labute approximate surface area is 663 Å². The van der Waals surface area contributed by atoms with E-state index in [1.165, 1.54) is 24.3 Å². The van der Waals surface area contributed by atoms with Crippen molar-refractivity contribution in [2.24, 2.45) is 23.3 Å². The van der Waals surface area contributed by atoms with Crippen LogP contribution < -0.4 is 86.3 Å². The number of carbonyl (C=O) groups is 20. The Bertz CT molecular complexity index is 4080. The summed E-state index contributed by atoms with van der Waals surface area (Å²) in [6, 6.07) is -10.5. The van der Waals surface area contributed by atoms with Crippen LogP contribution in [0.1, 0.15) is 147 Å². The first-order chi connectivity index (χ1) is 54.7. The van der Waals surface area contributed by atoms with E-state index in [1.807, 2.05) is 16.0 Å². The number of carboxylic acid groups (broad SMARTS) is 4. The van der Waals surface area contributed by atoms with Crippen molar-refractivity contribution >= 4 is 135 Å². The van der Waals surface area contributed by atoms with Gasteiger partial charge in [-0.05, 0) is 75.3 Å². The first-order valence-corrected chi connectivity index (χ1v) is 37.2. The number of aliphatic hydroxyl groups excluding tert-OH is 1. The number of Topliss-reactive ketones (excluding diaryl/α,β-unsaturated/α-hetero) is 1. The average molecular weight is 1630 g/mol. The van der Waals surface area contributed by atoms with Gasteiger partial charge in [-0.15, -0.1) is 0 Å². The summed E-state index contributed by atoms with van der Waals surface area (Å²) >= 11 is 0. The SMILES string of the molecule is CCC(C)CCCCCCC(=O)N[C@@H](Cc1c[nH]c2ccccc12)C(=O)N[C@H](CC(N)=O)C(=O)N[C@@H](CC(=O)O)C(=O)NC1C(=O)NCC(=O)N[C@@H](CCCN)C(=O)NC(CC(=O)O)C(=O)N[C@H](C)C(=O)N[C@@H](CC(=O)O)C(=O)NCC(=O)N[C@H](CO)C(=O)NC([C@@H](C)CC(=O)O)C(=O)N[C@@H](CC(=O)c2ccccc2N)C(=O)OC1C. The third kappa shape index (κ3) is 32.4. The van der Waals surface area contributed by atoms with Crippen molar-refractivity contribution in [2.75, 3.05) is 32.0 Å². The lowest BCUT2D eigenvalue weighted by molar-refractivity contribution is -0.156. The number of anilines is 1. The third-order valence-corrected chi connectivity index (χ3v) is 18.4. The van der Waals surface area contributed by atoms with Crippen molar-refractivity contribution in [1.29, 1.82) is 0 Å². The molecule has 3 aromatic rings. The molecule has 116 heavy (non-hydrogen) atoms. The lowest BCUT2D eigenvalue weighted by Crippen LogP contribution is -2.62. The summed E-state index contributed by atoms with van der Waals surface area (Å²) in [5.41, 5.74) is 18.1. The van der Waals surface area contributed by atoms with Crippen LogP contribution in [0.25, 0.3) is 10.9 Å². The fraction of sp³-hybridized carbons (Fsp3) is 0.534. The highest BCUT2D eigenvalue weighted by Gasteiger charge is 2.41. The predicted octanol–water partition coefficient (Wildman–Crippen LogP) is -5.38. The van der Waals surface area contributed by atoms with Gasteiger partial charge in [-0.3, -0.25) is 91.1 Å². The summed E-state index contributed by atoms with van der Waals surface area (Å²) < 4.78 is 5.68. The summed E-state index contributed by atoms with van der Waals surface area (Å²) in [5.74, 6) is -29.2. The highest BCUT2D eigenvalue weighted by atomic mass is 16.5. The monoisotopic (exact) mass is 1630 g/mol. The summed E-state index contributed by atoms with van der Waals surface area (Å²) in [5, 5.41) is 78.7. The molecule has 0 spiro atoms. The number of rotatable bonds is 35. The number of aliphatic hydroxyl groups is 1. The second-order valence-electron chi connectivity index (χ2n) is 27.8. The topological polar surface area (TPSA) is 702 Å². The first-order valence-electron chi connectivity index (χ1n) is 37.2. The number of nitrogens with two attached hydrogens (primary N) is 3. The number of aliphatic carboxylic acids is 4. The Morgan fingerprint density at radius 3 is 1.72 bits per heavy atom. The number of carboxylic acids is 4. The normalized spacial score (nSPS) is 21.4. The smallest absolute Gasteiger partial charge is 0.329 e. The molecule has 43 heteroatoms. The minimum Gasteiger partial charge on any atom is -0.481 e. The molecule has 0 radical (unpaired) electrons. The number of nitrogen functional groups attached to an aromatic ring is 1. The van der Waals surface area contributed by atoms with Crippen molar-refractivity contribution in [3.8, 4) is 0 Å². The lowest BCUT2D eigenvalue weighted by Gasteiger charge is -2.30. The number of cyclic esters (lactones) is 1. The number of ether oxygens (including phenoxy) is 1. The van der Waals surface area contributed by atoms with E-state index in [4.69, 9.17) is 21.9 Å². The molecule has 1 aliphatic rings. The Morgan fingerprint density at radius 1 is 0.560 bits per heavy atom. The van der Waals surface area contributed by atoms with Crippen LogP contribution in [-0.2, 0) is 102 Å².